The molecule has 1 heterocycles. The standard InChI is InChI=1S/C18H17Cl2N/c1-11(2)14-7-8-15(18(20)17(14)19)13-9-12-5-3-4-6-16(12)21-10-13/h3-6,9-11H,7-8H2,1-2H3. The van der Waals surface area contributed by atoms with Gasteiger partial charge < -0.3 is 0 Å². The van der Waals surface area contributed by atoms with Crippen LogP contribution in [0.15, 0.2) is 52.2 Å². The number of hydrogen-bond donors (Lipinski definition) is 0. The first-order valence-corrected chi connectivity index (χ1v) is 7.96. The zero-order chi connectivity index (χ0) is 15.0. The van der Waals surface area contributed by atoms with Crippen molar-refractivity contribution in [3.63, 3.8) is 0 Å². The number of allylic oxidation sites excluding steroid dienone is 4. The lowest BCUT2D eigenvalue weighted by atomic mass is 9.88. The summed E-state index contributed by atoms with van der Waals surface area (Å²) in [6, 6.07) is 10.2. The van der Waals surface area contributed by atoms with Gasteiger partial charge in [0.2, 0.25) is 0 Å². The molecule has 1 aliphatic carbocycles. The van der Waals surface area contributed by atoms with Gasteiger partial charge in [-0.25, -0.2) is 0 Å². The van der Waals surface area contributed by atoms with E-state index in [2.05, 4.69) is 31.0 Å². The molecule has 0 amide bonds. The maximum absolute atomic E-state index is 6.52. The first-order valence-electron chi connectivity index (χ1n) is 7.20. The Bertz CT molecular complexity index is 757. The lowest BCUT2D eigenvalue weighted by Gasteiger charge is -2.22. The molecule has 0 atom stereocenters. The third kappa shape index (κ3) is 2.73. The largest absolute Gasteiger partial charge is 0.256 e. The van der Waals surface area contributed by atoms with Gasteiger partial charge in [0.25, 0.3) is 0 Å². The highest BCUT2D eigenvalue weighted by Crippen LogP contribution is 2.42. The molecule has 1 aromatic heterocycles. The average molecular weight is 318 g/mol. The minimum Gasteiger partial charge on any atom is -0.256 e. The van der Waals surface area contributed by atoms with Crippen LogP contribution < -0.4 is 0 Å². The Morgan fingerprint density at radius 2 is 1.81 bits per heavy atom. The molecule has 0 unspecified atom stereocenters. The van der Waals surface area contributed by atoms with E-state index >= 15 is 0 Å². The van der Waals surface area contributed by atoms with Gasteiger partial charge >= 0.3 is 0 Å². The molecule has 0 bridgehead atoms. The van der Waals surface area contributed by atoms with Gasteiger partial charge in [-0.15, -0.1) is 0 Å². The topological polar surface area (TPSA) is 12.9 Å². The molecular formula is C18H17Cl2N. The van der Waals surface area contributed by atoms with E-state index in [1.165, 1.54) is 5.57 Å². The molecule has 3 rings (SSSR count). The molecule has 1 nitrogen and oxygen atoms in total. The molecule has 2 aromatic rings. The Hall–Kier alpha value is -1.31. The van der Waals surface area contributed by atoms with E-state index in [9.17, 15) is 0 Å². The molecule has 108 valence electrons. The second-order valence-electron chi connectivity index (χ2n) is 5.70. The van der Waals surface area contributed by atoms with Gasteiger partial charge in [-0.1, -0.05) is 55.2 Å². The molecule has 0 fully saturated rings. The molecule has 0 saturated carbocycles. The summed E-state index contributed by atoms with van der Waals surface area (Å²) >= 11 is 13.0. The van der Waals surface area contributed by atoms with Crippen LogP contribution in [0.4, 0.5) is 0 Å². The number of nitrogens with zero attached hydrogens (tertiary/aromatic N) is 1. The van der Waals surface area contributed by atoms with Crippen LogP contribution in [0, 0.1) is 5.92 Å². The van der Waals surface area contributed by atoms with Crippen molar-refractivity contribution >= 4 is 39.7 Å². The van der Waals surface area contributed by atoms with Gasteiger partial charge in [-0.05, 0) is 47.6 Å². The third-order valence-corrected chi connectivity index (χ3v) is 4.97. The summed E-state index contributed by atoms with van der Waals surface area (Å²) in [4.78, 5) is 4.52. The van der Waals surface area contributed by atoms with Gasteiger partial charge in [0.05, 0.1) is 15.6 Å². The fourth-order valence-corrected chi connectivity index (χ4v) is 3.55. The summed E-state index contributed by atoms with van der Waals surface area (Å²) < 4.78 is 0. The van der Waals surface area contributed by atoms with E-state index in [-0.39, 0.29) is 0 Å². The summed E-state index contributed by atoms with van der Waals surface area (Å²) in [6.45, 7) is 4.31. The predicted octanol–water partition coefficient (Wildman–Crippen LogP) is 6.13. The molecule has 0 spiro atoms. The highest BCUT2D eigenvalue weighted by Gasteiger charge is 2.22. The van der Waals surface area contributed by atoms with E-state index in [4.69, 9.17) is 23.2 Å². The Morgan fingerprint density at radius 1 is 1.05 bits per heavy atom. The number of hydrogen-bond acceptors (Lipinski definition) is 1. The van der Waals surface area contributed by atoms with Crippen LogP contribution in [0.3, 0.4) is 0 Å². The van der Waals surface area contributed by atoms with Crippen molar-refractivity contribution in [1.82, 2.24) is 4.98 Å². The maximum Gasteiger partial charge on any atom is 0.0702 e. The average Bonchev–Trinajstić information content (AvgIpc) is 2.49. The highest BCUT2D eigenvalue weighted by atomic mass is 35.5. The van der Waals surface area contributed by atoms with Crippen molar-refractivity contribution < 1.29 is 0 Å². The summed E-state index contributed by atoms with van der Waals surface area (Å²) in [5, 5.41) is 2.53. The zero-order valence-corrected chi connectivity index (χ0v) is 13.7. The van der Waals surface area contributed by atoms with E-state index in [0.29, 0.717) is 11.0 Å². The van der Waals surface area contributed by atoms with Crippen LogP contribution in [0.25, 0.3) is 16.5 Å². The number of halogens is 2. The van der Waals surface area contributed by atoms with Gasteiger partial charge in [0.1, 0.15) is 0 Å². The van der Waals surface area contributed by atoms with Crippen molar-refractivity contribution in [1.29, 1.82) is 0 Å². The number of fused-ring (bicyclic) bond motifs is 1. The maximum atomic E-state index is 6.52. The van der Waals surface area contributed by atoms with E-state index in [0.717, 1.165) is 39.9 Å². The fourth-order valence-electron chi connectivity index (χ4n) is 2.80. The van der Waals surface area contributed by atoms with Crippen LogP contribution in [0.1, 0.15) is 32.3 Å². The minimum absolute atomic E-state index is 0.433. The highest BCUT2D eigenvalue weighted by molar-refractivity contribution is 6.46. The number of aromatic nitrogens is 1. The predicted molar refractivity (Wildman–Crippen MR) is 91.5 cm³/mol. The Labute approximate surface area is 135 Å². The quantitative estimate of drug-likeness (QED) is 0.649. The van der Waals surface area contributed by atoms with Crippen LogP contribution in [-0.2, 0) is 0 Å². The van der Waals surface area contributed by atoms with Crippen LogP contribution in [0.2, 0.25) is 0 Å². The lowest BCUT2D eigenvalue weighted by molar-refractivity contribution is 0.709. The molecule has 0 aliphatic heterocycles. The van der Waals surface area contributed by atoms with E-state index < -0.39 is 0 Å². The van der Waals surface area contributed by atoms with Crippen molar-refractivity contribution in [2.24, 2.45) is 5.92 Å². The van der Waals surface area contributed by atoms with Crippen LogP contribution in [-0.4, -0.2) is 4.98 Å². The van der Waals surface area contributed by atoms with Crippen molar-refractivity contribution in [3.05, 3.63) is 57.7 Å². The number of rotatable bonds is 2. The van der Waals surface area contributed by atoms with Crippen molar-refractivity contribution in [2.45, 2.75) is 26.7 Å². The molecule has 21 heavy (non-hydrogen) atoms. The first kappa shape index (κ1) is 14.6. The van der Waals surface area contributed by atoms with E-state index in [1.54, 1.807) is 0 Å². The molecule has 0 N–H and O–H groups in total. The fraction of sp³-hybridized carbons (Fsp3) is 0.278. The minimum atomic E-state index is 0.433. The summed E-state index contributed by atoms with van der Waals surface area (Å²) in [5.41, 5.74) is 4.42. The molecular weight excluding hydrogens is 301 g/mol. The SMILES string of the molecule is CC(C)C1=C(Cl)C(Cl)=C(c2cnc3ccccc3c2)CC1. The molecule has 0 radical (unpaired) electrons. The zero-order valence-electron chi connectivity index (χ0n) is 12.2. The molecule has 1 aliphatic rings. The summed E-state index contributed by atoms with van der Waals surface area (Å²) in [7, 11) is 0. The molecule has 3 heteroatoms. The van der Waals surface area contributed by atoms with Gasteiger partial charge in [-0.3, -0.25) is 4.98 Å². The monoisotopic (exact) mass is 317 g/mol. The summed E-state index contributed by atoms with van der Waals surface area (Å²) in [6.07, 6.45) is 3.78. The third-order valence-electron chi connectivity index (χ3n) is 4.02. The second-order valence-corrected chi connectivity index (χ2v) is 6.46. The van der Waals surface area contributed by atoms with Gasteiger partial charge in [0.15, 0.2) is 0 Å². The Balaban J connectivity index is 2.10. The normalized spacial score (nSPS) is 16.2. The van der Waals surface area contributed by atoms with Crippen molar-refractivity contribution in [3.8, 4) is 0 Å². The lowest BCUT2D eigenvalue weighted by Crippen LogP contribution is -2.05. The summed E-state index contributed by atoms with van der Waals surface area (Å²) in [5.74, 6) is 0.433. The van der Waals surface area contributed by atoms with Gasteiger partial charge in [-0.2, -0.15) is 0 Å². The first-order chi connectivity index (χ1) is 10.1. The van der Waals surface area contributed by atoms with Crippen LogP contribution >= 0.6 is 23.2 Å². The Kier molecular flexibility index (Phi) is 4.05. The number of para-hydroxylation sites is 1. The van der Waals surface area contributed by atoms with Gasteiger partial charge in [0, 0.05) is 11.6 Å². The smallest absolute Gasteiger partial charge is 0.0702 e. The Morgan fingerprint density at radius 3 is 2.57 bits per heavy atom. The number of benzene rings is 1. The van der Waals surface area contributed by atoms with Crippen molar-refractivity contribution in [2.75, 3.05) is 0 Å². The van der Waals surface area contributed by atoms with Crippen LogP contribution in [0.5, 0.6) is 0 Å². The number of pyridine rings is 1. The second kappa shape index (κ2) is 5.82. The van der Waals surface area contributed by atoms with E-state index in [1.807, 2.05) is 24.4 Å². The molecule has 0 saturated heterocycles. The molecule has 1 aromatic carbocycles.